The van der Waals surface area contributed by atoms with E-state index >= 15 is 0 Å². The Hall–Kier alpha value is 0.290. The van der Waals surface area contributed by atoms with E-state index in [1.165, 1.54) is 16.4 Å². The highest BCUT2D eigenvalue weighted by molar-refractivity contribution is 8.07. The van der Waals surface area contributed by atoms with E-state index in [0.29, 0.717) is 10.5 Å². The van der Waals surface area contributed by atoms with Gasteiger partial charge in [0, 0.05) is 39.5 Å². The quantitative estimate of drug-likeness (QED) is 0.916. The minimum atomic E-state index is -0.219. The van der Waals surface area contributed by atoms with Crippen LogP contribution >= 0.6 is 34.9 Å². The van der Waals surface area contributed by atoms with Gasteiger partial charge in [-0.25, -0.2) is 0 Å². The molecule has 1 aliphatic heterocycles. The van der Waals surface area contributed by atoms with Gasteiger partial charge in [-0.3, -0.25) is 4.98 Å². The summed E-state index contributed by atoms with van der Waals surface area (Å²) in [6, 6.07) is 0. The number of hydrogen-bond acceptors (Lipinski definition) is 5. The molecule has 3 unspecified atom stereocenters. The lowest BCUT2D eigenvalue weighted by Crippen LogP contribution is -2.37. The minimum absolute atomic E-state index is 0.219. The van der Waals surface area contributed by atoms with Gasteiger partial charge in [0.1, 0.15) is 0 Å². The molecule has 1 saturated heterocycles. The van der Waals surface area contributed by atoms with Gasteiger partial charge >= 0.3 is 0 Å². The summed E-state index contributed by atoms with van der Waals surface area (Å²) in [4.78, 5) is 5.25. The summed E-state index contributed by atoms with van der Waals surface area (Å²) < 4.78 is 0. The smallest absolute Gasteiger partial charge is 0.0794 e. The third-order valence-electron chi connectivity index (χ3n) is 2.77. The zero-order chi connectivity index (χ0) is 11.4. The van der Waals surface area contributed by atoms with Crippen LogP contribution in [0.4, 0.5) is 0 Å². The zero-order valence-electron chi connectivity index (χ0n) is 9.33. The maximum atomic E-state index is 10.3. The Morgan fingerprint density at radius 1 is 1.50 bits per heavy atom. The molecule has 2 rings (SSSR count). The Morgan fingerprint density at radius 3 is 3.00 bits per heavy atom. The second-order valence-electron chi connectivity index (χ2n) is 3.89. The Bertz CT molecular complexity index is 304. The molecule has 1 aromatic rings. The van der Waals surface area contributed by atoms with Gasteiger partial charge in [-0.2, -0.15) is 23.5 Å². The molecule has 16 heavy (non-hydrogen) atoms. The van der Waals surface area contributed by atoms with Crippen molar-refractivity contribution in [3.8, 4) is 0 Å². The van der Waals surface area contributed by atoms with Crippen molar-refractivity contribution in [2.45, 2.75) is 36.4 Å². The van der Waals surface area contributed by atoms with Crippen molar-refractivity contribution in [2.24, 2.45) is 0 Å². The van der Waals surface area contributed by atoms with Crippen LogP contribution in [0.1, 0.15) is 18.2 Å². The molecule has 3 atom stereocenters. The molecule has 0 saturated carbocycles. The summed E-state index contributed by atoms with van der Waals surface area (Å²) in [6.45, 7) is 2.22. The highest BCUT2D eigenvalue weighted by Crippen LogP contribution is 2.36. The average Bonchev–Trinajstić information content (AvgIpc) is 2.81. The second-order valence-corrected chi connectivity index (χ2v) is 7.50. The standard InChI is InChI=1S/C11H17NOS3/c1-2-10-11(15-4-3-14-10)9(13)5-8-6-12-7-16-8/h6-7,9-11,13H,2-5H2,1H3. The summed E-state index contributed by atoms with van der Waals surface area (Å²) in [5.41, 5.74) is 1.84. The highest BCUT2D eigenvalue weighted by atomic mass is 32.2. The number of rotatable bonds is 4. The lowest BCUT2D eigenvalue weighted by Gasteiger charge is -2.33. The van der Waals surface area contributed by atoms with Gasteiger partial charge in [-0.15, -0.1) is 11.3 Å². The molecule has 0 amide bonds. The van der Waals surface area contributed by atoms with Crippen LogP contribution in [0, 0.1) is 0 Å². The number of aliphatic hydroxyl groups excluding tert-OH is 1. The van der Waals surface area contributed by atoms with Crippen LogP contribution in [0.2, 0.25) is 0 Å². The largest absolute Gasteiger partial charge is 0.392 e. The number of thiazole rings is 1. The van der Waals surface area contributed by atoms with Crippen LogP contribution in [-0.4, -0.2) is 38.2 Å². The van der Waals surface area contributed by atoms with Gasteiger partial charge in [0.15, 0.2) is 0 Å². The number of thioether (sulfide) groups is 2. The fraction of sp³-hybridized carbons (Fsp3) is 0.727. The van der Waals surface area contributed by atoms with Gasteiger partial charge < -0.3 is 5.11 Å². The topological polar surface area (TPSA) is 33.1 Å². The third-order valence-corrected chi connectivity index (χ3v) is 6.96. The normalized spacial score (nSPS) is 27.9. The molecule has 0 radical (unpaired) electrons. The molecule has 5 heteroatoms. The van der Waals surface area contributed by atoms with Crippen LogP contribution in [0.25, 0.3) is 0 Å². The molecule has 0 aromatic carbocycles. The summed E-state index contributed by atoms with van der Waals surface area (Å²) in [5.74, 6) is 2.40. The monoisotopic (exact) mass is 275 g/mol. The minimum Gasteiger partial charge on any atom is -0.392 e. The SMILES string of the molecule is CCC1SCCSC1C(O)Cc1cncs1. The van der Waals surface area contributed by atoms with Crippen LogP contribution in [0.5, 0.6) is 0 Å². The fourth-order valence-electron chi connectivity index (χ4n) is 1.96. The van der Waals surface area contributed by atoms with E-state index < -0.39 is 0 Å². The van der Waals surface area contributed by atoms with Crippen molar-refractivity contribution >= 4 is 34.9 Å². The summed E-state index contributed by atoms with van der Waals surface area (Å²) >= 11 is 5.60. The van der Waals surface area contributed by atoms with E-state index in [2.05, 4.69) is 11.9 Å². The molecule has 0 spiro atoms. The van der Waals surface area contributed by atoms with Gasteiger partial charge in [0.05, 0.1) is 11.6 Å². The van der Waals surface area contributed by atoms with Crippen LogP contribution in [0.3, 0.4) is 0 Å². The van der Waals surface area contributed by atoms with Gasteiger partial charge in [0.25, 0.3) is 0 Å². The molecular weight excluding hydrogens is 258 g/mol. The Balaban J connectivity index is 1.94. The first-order chi connectivity index (χ1) is 7.81. The molecule has 90 valence electrons. The molecule has 1 N–H and O–H groups in total. The number of aromatic nitrogens is 1. The molecule has 1 fully saturated rings. The lowest BCUT2D eigenvalue weighted by atomic mass is 10.1. The van der Waals surface area contributed by atoms with Crippen LogP contribution in [-0.2, 0) is 6.42 Å². The van der Waals surface area contributed by atoms with Crippen molar-refractivity contribution in [3.05, 3.63) is 16.6 Å². The summed E-state index contributed by atoms with van der Waals surface area (Å²) in [5, 5.41) is 11.3. The van der Waals surface area contributed by atoms with Gasteiger partial charge in [-0.1, -0.05) is 6.92 Å². The predicted octanol–water partition coefficient (Wildman–Crippen LogP) is 2.67. The van der Waals surface area contributed by atoms with E-state index in [0.717, 1.165) is 12.8 Å². The summed E-state index contributed by atoms with van der Waals surface area (Å²) in [7, 11) is 0. The maximum Gasteiger partial charge on any atom is 0.0794 e. The van der Waals surface area contributed by atoms with Crippen molar-refractivity contribution in [1.82, 2.24) is 4.98 Å². The molecule has 0 aliphatic carbocycles. The zero-order valence-corrected chi connectivity index (χ0v) is 11.8. The molecular formula is C11H17NOS3. The first kappa shape index (κ1) is 12.7. The Kier molecular flexibility index (Phi) is 5.00. The third kappa shape index (κ3) is 3.15. The van der Waals surface area contributed by atoms with E-state index in [9.17, 15) is 5.11 Å². The van der Waals surface area contributed by atoms with E-state index in [4.69, 9.17) is 0 Å². The molecule has 0 bridgehead atoms. The maximum absolute atomic E-state index is 10.3. The molecule has 2 nitrogen and oxygen atoms in total. The predicted molar refractivity (Wildman–Crippen MR) is 74.6 cm³/mol. The first-order valence-electron chi connectivity index (χ1n) is 5.60. The Labute approximate surface area is 109 Å². The average molecular weight is 275 g/mol. The van der Waals surface area contributed by atoms with Crippen LogP contribution < -0.4 is 0 Å². The first-order valence-corrected chi connectivity index (χ1v) is 8.57. The molecule has 2 heterocycles. The van der Waals surface area contributed by atoms with Crippen molar-refractivity contribution in [1.29, 1.82) is 0 Å². The summed E-state index contributed by atoms with van der Waals surface area (Å²) in [6.07, 6.45) is 3.57. The van der Waals surface area contributed by atoms with Crippen LogP contribution in [0.15, 0.2) is 11.7 Å². The Morgan fingerprint density at radius 2 is 2.31 bits per heavy atom. The second kappa shape index (κ2) is 6.28. The fourth-order valence-corrected chi connectivity index (χ4v) is 5.75. The van der Waals surface area contributed by atoms with Crippen molar-refractivity contribution in [3.63, 3.8) is 0 Å². The van der Waals surface area contributed by atoms with E-state index in [1.807, 2.05) is 35.2 Å². The van der Waals surface area contributed by atoms with Gasteiger partial charge in [-0.05, 0) is 6.42 Å². The molecule has 1 aromatic heterocycles. The molecule has 1 aliphatic rings. The van der Waals surface area contributed by atoms with Gasteiger partial charge in [0.2, 0.25) is 0 Å². The number of aliphatic hydroxyl groups is 1. The van der Waals surface area contributed by atoms with E-state index in [1.54, 1.807) is 11.3 Å². The van der Waals surface area contributed by atoms with Crippen molar-refractivity contribution in [2.75, 3.05) is 11.5 Å². The number of hydrogen-bond donors (Lipinski definition) is 1. The lowest BCUT2D eigenvalue weighted by molar-refractivity contribution is 0.170. The van der Waals surface area contributed by atoms with Crippen molar-refractivity contribution < 1.29 is 5.11 Å². The highest BCUT2D eigenvalue weighted by Gasteiger charge is 2.31. The number of nitrogens with zero attached hydrogens (tertiary/aromatic N) is 1. The van der Waals surface area contributed by atoms with E-state index in [-0.39, 0.29) is 6.10 Å².